The maximum absolute atomic E-state index is 5.94. The lowest BCUT2D eigenvalue weighted by Crippen LogP contribution is -2.66. The molecule has 1 aromatic rings. The van der Waals surface area contributed by atoms with Gasteiger partial charge in [0.15, 0.2) is 0 Å². The van der Waals surface area contributed by atoms with E-state index in [1.807, 2.05) is 6.07 Å². The van der Waals surface area contributed by atoms with E-state index in [1.54, 1.807) is 0 Å². The second kappa shape index (κ2) is 3.57. The molecule has 0 aromatic heterocycles. The topological polar surface area (TPSA) is 12.5 Å². The number of rotatable bonds is 1. The summed E-state index contributed by atoms with van der Waals surface area (Å²) in [5, 5.41) is 2.09. The van der Waals surface area contributed by atoms with Gasteiger partial charge in [0.1, 0.15) is 6.10 Å². The largest absolute Gasteiger partial charge is 0.288 e. The predicted octanol–water partition coefficient (Wildman–Crippen LogP) is 3.55. The molecule has 0 bridgehead atoms. The van der Waals surface area contributed by atoms with Gasteiger partial charge in [-0.15, -0.1) is 0 Å². The van der Waals surface area contributed by atoms with Crippen molar-refractivity contribution < 1.29 is 4.84 Å². The number of benzene rings is 1. The van der Waals surface area contributed by atoms with Crippen LogP contribution in [-0.4, -0.2) is 16.1 Å². The number of hydrogen-bond donors (Lipinski definition) is 0. The average molecular weight is 219 g/mol. The lowest BCUT2D eigenvalue weighted by atomic mass is 9.85. The molecule has 1 aliphatic heterocycles. The van der Waals surface area contributed by atoms with E-state index in [2.05, 4.69) is 63.9 Å². The Morgan fingerprint density at radius 3 is 2.12 bits per heavy atom. The highest BCUT2D eigenvalue weighted by molar-refractivity contribution is 5.23. The summed E-state index contributed by atoms with van der Waals surface area (Å²) in [5.41, 5.74) is 1.36. The Labute approximate surface area is 98.2 Å². The number of nitrogens with zero attached hydrogens (tertiary/aromatic N) is 1. The van der Waals surface area contributed by atoms with Crippen LogP contribution in [0.1, 0.15) is 46.3 Å². The number of hydroxylamine groups is 2. The van der Waals surface area contributed by atoms with Crippen molar-refractivity contribution in [3.8, 4) is 0 Å². The maximum Gasteiger partial charge on any atom is 0.124 e. The van der Waals surface area contributed by atoms with Gasteiger partial charge in [-0.25, -0.2) is 0 Å². The molecule has 1 aliphatic rings. The Balaban J connectivity index is 2.20. The maximum atomic E-state index is 5.94. The van der Waals surface area contributed by atoms with Crippen molar-refractivity contribution in [1.82, 2.24) is 5.06 Å². The lowest BCUT2D eigenvalue weighted by molar-refractivity contribution is -0.412. The van der Waals surface area contributed by atoms with Crippen molar-refractivity contribution in [2.24, 2.45) is 0 Å². The van der Waals surface area contributed by atoms with Crippen LogP contribution >= 0.6 is 0 Å². The first-order valence-electron chi connectivity index (χ1n) is 5.85. The van der Waals surface area contributed by atoms with E-state index in [9.17, 15) is 0 Å². The van der Waals surface area contributed by atoms with Gasteiger partial charge in [-0.1, -0.05) is 30.3 Å². The molecule has 2 nitrogen and oxygen atoms in total. The molecule has 1 fully saturated rings. The summed E-state index contributed by atoms with van der Waals surface area (Å²) in [5.74, 6) is 0. The normalized spacial score (nSPS) is 25.2. The van der Waals surface area contributed by atoms with Gasteiger partial charge in [-0.3, -0.25) is 4.84 Å². The molecule has 1 unspecified atom stereocenters. The van der Waals surface area contributed by atoms with Crippen molar-refractivity contribution in [2.75, 3.05) is 0 Å². The standard InChI is InChI=1S/C14H21NO/c1-13(2,3)15-14(4,5)12(16-15)11-9-7-6-8-10-11/h6-10,12H,1-5H3. The summed E-state index contributed by atoms with van der Waals surface area (Å²) in [4.78, 5) is 5.94. The first kappa shape index (κ1) is 11.6. The highest BCUT2D eigenvalue weighted by atomic mass is 16.7. The zero-order valence-electron chi connectivity index (χ0n) is 10.8. The van der Waals surface area contributed by atoms with Gasteiger partial charge in [-0.05, 0) is 40.2 Å². The fourth-order valence-electron chi connectivity index (χ4n) is 2.55. The molecular weight excluding hydrogens is 198 g/mol. The SMILES string of the molecule is CC(C)(C)N1OC(c2ccccc2)C1(C)C. The minimum absolute atomic E-state index is 0.0504. The summed E-state index contributed by atoms with van der Waals surface area (Å²) < 4.78 is 0. The zero-order chi connectivity index (χ0) is 12.0. The smallest absolute Gasteiger partial charge is 0.124 e. The Bertz CT molecular complexity index is 364. The van der Waals surface area contributed by atoms with Crippen LogP contribution in [0.2, 0.25) is 0 Å². The van der Waals surface area contributed by atoms with Crippen LogP contribution in [0.25, 0.3) is 0 Å². The van der Waals surface area contributed by atoms with E-state index in [0.717, 1.165) is 0 Å². The van der Waals surface area contributed by atoms with E-state index in [1.165, 1.54) is 5.56 Å². The van der Waals surface area contributed by atoms with Crippen molar-refractivity contribution in [3.05, 3.63) is 35.9 Å². The van der Waals surface area contributed by atoms with Crippen molar-refractivity contribution in [1.29, 1.82) is 0 Å². The van der Waals surface area contributed by atoms with E-state index < -0.39 is 0 Å². The molecule has 1 atom stereocenters. The van der Waals surface area contributed by atoms with Crippen LogP contribution in [0.15, 0.2) is 30.3 Å². The van der Waals surface area contributed by atoms with Crippen LogP contribution in [-0.2, 0) is 4.84 Å². The third-order valence-electron chi connectivity index (χ3n) is 3.09. The fraction of sp³-hybridized carbons (Fsp3) is 0.571. The predicted molar refractivity (Wildman–Crippen MR) is 65.9 cm³/mol. The average Bonchev–Trinajstić information content (AvgIpc) is 2.15. The van der Waals surface area contributed by atoms with Crippen LogP contribution in [0.5, 0.6) is 0 Å². The molecule has 1 saturated heterocycles. The Morgan fingerprint density at radius 2 is 1.69 bits per heavy atom. The van der Waals surface area contributed by atoms with Crippen molar-refractivity contribution in [3.63, 3.8) is 0 Å². The second-order valence-corrected chi connectivity index (χ2v) is 6.01. The summed E-state index contributed by atoms with van der Waals surface area (Å²) in [6.07, 6.45) is 0.174. The van der Waals surface area contributed by atoms with Gasteiger partial charge < -0.3 is 0 Å². The highest BCUT2D eigenvalue weighted by Crippen LogP contribution is 2.48. The Kier molecular flexibility index (Phi) is 2.59. The van der Waals surface area contributed by atoms with Crippen LogP contribution in [0.3, 0.4) is 0 Å². The summed E-state index contributed by atoms with van der Waals surface area (Å²) >= 11 is 0. The van der Waals surface area contributed by atoms with Gasteiger partial charge >= 0.3 is 0 Å². The van der Waals surface area contributed by atoms with Crippen molar-refractivity contribution in [2.45, 2.75) is 51.8 Å². The van der Waals surface area contributed by atoms with Crippen LogP contribution in [0, 0.1) is 0 Å². The van der Waals surface area contributed by atoms with Crippen LogP contribution in [0.4, 0.5) is 0 Å². The molecule has 1 aromatic carbocycles. The quantitative estimate of drug-likeness (QED) is 0.716. The minimum Gasteiger partial charge on any atom is -0.288 e. The third kappa shape index (κ3) is 1.76. The molecule has 0 spiro atoms. The van der Waals surface area contributed by atoms with Crippen LogP contribution < -0.4 is 0 Å². The second-order valence-electron chi connectivity index (χ2n) is 6.01. The molecule has 0 aliphatic carbocycles. The van der Waals surface area contributed by atoms with E-state index in [4.69, 9.17) is 4.84 Å². The zero-order valence-corrected chi connectivity index (χ0v) is 10.8. The molecule has 2 heteroatoms. The van der Waals surface area contributed by atoms with E-state index >= 15 is 0 Å². The molecule has 88 valence electrons. The summed E-state index contributed by atoms with van der Waals surface area (Å²) in [7, 11) is 0. The minimum atomic E-state index is 0.0504. The van der Waals surface area contributed by atoms with Gasteiger partial charge in [0.25, 0.3) is 0 Å². The molecule has 2 rings (SSSR count). The molecule has 0 saturated carbocycles. The van der Waals surface area contributed by atoms with Gasteiger partial charge in [0.05, 0.1) is 5.54 Å². The van der Waals surface area contributed by atoms with Gasteiger partial charge in [-0.2, -0.15) is 5.06 Å². The Morgan fingerprint density at radius 1 is 1.12 bits per heavy atom. The molecule has 0 amide bonds. The molecule has 0 radical (unpaired) electrons. The lowest BCUT2D eigenvalue weighted by Gasteiger charge is -2.59. The molecule has 1 heterocycles. The fourth-order valence-corrected chi connectivity index (χ4v) is 2.55. The monoisotopic (exact) mass is 219 g/mol. The molecular formula is C14H21NO. The first-order chi connectivity index (χ1) is 7.33. The number of hydrogen-bond acceptors (Lipinski definition) is 2. The first-order valence-corrected chi connectivity index (χ1v) is 5.85. The highest BCUT2D eigenvalue weighted by Gasteiger charge is 2.53. The third-order valence-corrected chi connectivity index (χ3v) is 3.09. The summed E-state index contributed by atoms with van der Waals surface area (Å²) in [6.45, 7) is 11.0. The van der Waals surface area contributed by atoms with Gasteiger partial charge in [0, 0.05) is 5.54 Å². The van der Waals surface area contributed by atoms with Crippen molar-refractivity contribution >= 4 is 0 Å². The van der Waals surface area contributed by atoms with E-state index in [-0.39, 0.29) is 17.2 Å². The Hall–Kier alpha value is -0.860. The van der Waals surface area contributed by atoms with Gasteiger partial charge in [0.2, 0.25) is 0 Å². The summed E-state index contributed by atoms with van der Waals surface area (Å²) in [6, 6.07) is 10.4. The molecule has 16 heavy (non-hydrogen) atoms. The van der Waals surface area contributed by atoms with E-state index in [0.29, 0.717) is 0 Å². The molecule has 0 N–H and O–H groups in total.